The molecule has 15 heavy (non-hydrogen) atoms. The lowest BCUT2D eigenvalue weighted by molar-refractivity contribution is -0.165. The predicted molar refractivity (Wildman–Crippen MR) is 60.7 cm³/mol. The average molecular weight is 216 g/mol. The third kappa shape index (κ3) is 5.78. The summed E-state index contributed by atoms with van der Waals surface area (Å²) in [6.07, 6.45) is 0.541. The maximum atomic E-state index is 11.1. The Morgan fingerprint density at radius 3 is 1.33 bits per heavy atom. The highest BCUT2D eigenvalue weighted by Crippen LogP contribution is 2.36. The first kappa shape index (κ1) is 14.4. The molecule has 0 aliphatic heterocycles. The van der Waals surface area contributed by atoms with Crippen LogP contribution in [0.25, 0.3) is 0 Å². The molecular formula is C12H24O3. The van der Waals surface area contributed by atoms with Gasteiger partial charge in [-0.25, -0.2) is 4.79 Å². The van der Waals surface area contributed by atoms with Gasteiger partial charge in [0.25, 0.3) is 0 Å². The number of rotatable bonds is 3. The zero-order chi connectivity index (χ0) is 12.5. The van der Waals surface area contributed by atoms with Crippen molar-refractivity contribution in [1.82, 2.24) is 0 Å². The van der Waals surface area contributed by atoms with Crippen LogP contribution in [0.3, 0.4) is 0 Å². The van der Waals surface area contributed by atoms with E-state index in [0.717, 1.165) is 0 Å². The third-order valence-electron chi connectivity index (χ3n) is 2.04. The van der Waals surface area contributed by atoms with Gasteiger partial charge in [0.2, 0.25) is 0 Å². The topological polar surface area (TPSA) is 57.5 Å². The summed E-state index contributed by atoms with van der Waals surface area (Å²) < 4.78 is 0. The normalized spacial score (nSPS) is 14.1. The minimum absolute atomic E-state index is 0.196. The quantitative estimate of drug-likeness (QED) is 0.762. The van der Waals surface area contributed by atoms with Crippen LogP contribution >= 0.6 is 0 Å². The van der Waals surface area contributed by atoms with Gasteiger partial charge in [-0.05, 0) is 23.7 Å². The number of carboxylic acids is 1. The summed E-state index contributed by atoms with van der Waals surface area (Å²) in [7, 11) is 0. The van der Waals surface area contributed by atoms with Crippen LogP contribution < -0.4 is 0 Å². The Kier molecular flexibility index (Phi) is 3.97. The van der Waals surface area contributed by atoms with Crippen LogP contribution in [0.2, 0.25) is 0 Å². The van der Waals surface area contributed by atoms with E-state index in [2.05, 4.69) is 0 Å². The minimum atomic E-state index is -1.61. The van der Waals surface area contributed by atoms with Crippen LogP contribution in [0.5, 0.6) is 0 Å². The Bertz CT molecular complexity index is 214. The largest absolute Gasteiger partial charge is 0.479 e. The highest BCUT2D eigenvalue weighted by molar-refractivity contribution is 5.77. The highest BCUT2D eigenvalue weighted by Gasteiger charge is 2.42. The summed E-state index contributed by atoms with van der Waals surface area (Å²) in [5.74, 6) is -1.12. The van der Waals surface area contributed by atoms with Crippen molar-refractivity contribution in [2.75, 3.05) is 0 Å². The summed E-state index contributed by atoms with van der Waals surface area (Å²) in [4.78, 5) is 11.1. The Morgan fingerprint density at radius 2 is 1.20 bits per heavy atom. The van der Waals surface area contributed by atoms with E-state index >= 15 is 0 Å². The zero-order valence-electron chi connectivity index (χ0n) is 10.7. The molecule has 0 unspecified atom stereocenters. The SMILES string of the molecule is CC(C)(C)CC(O)(CC(C)(C)C)C(=O)O. The minimum Gasteiger partial charge on any atom is -0.479 e. The second kappa shape index (κ2) is 4.12. The lowest BCUT2D eigenvalue weighted by atomic mass is 9.74. The van der Waals surface area contributed by atoms with Crippen LogP contribution in [-0.2, 0) is 4.79 Å². The van der Waals surface area contributed by atoms with Crippen LogP contribution in [-0.4, -0.2) is 21.8 Å². The number of carboxylic acid groups (broad SMARTS) is 1. The number of aliphatic carboxylic acids is 1. The molecule has 0 atom stereocenters. The fraction of sp³-hybridized carbons (Fsp3) is 0.917. The molecule has 0 spiro atoms. The molecule has 0 heterocycles. The van der Waals surface area contributed by atoms with Gasteiger partial charge in [-0.1, -0.05) is 41.5 Å². The predicted octanol–water partition coefficient (Wildman–Crippen LogP) is 2.67. The first-order valence-electron chi connectivity index (χ1n) is 5.32. The molecule has 0 bridgehead atoms. The van der Waals surface area contributed by atoms with E-state index in [-0.39, 0.29) is 23.7 Å². The molecule has 0 saturated heterocycles. The van der Waals surface area contributed by atoms with Crippen molar-refractivity contribution in [3.8, 4) is 0 Å². The van der Waals surface area contributed by atoms with Crippen LogP contribution in [0.15, 0.2) is 0 Å². The summed E-state index contributed by atoms with van der Waals surface area (Å²) in [5, 5.41) is 19.3. The van der Waals surface area contributed by atoms with Gasteiger partial charge in [0.1, 0.15) is 0 Å². The molecule has 0 aliphatic rings. The molecule has 0 fully saturated rings. The van der Waals surface area contributed by atoms with Crippen molar-refractivity contribution in [1.29, 1.82) is 0 Å². The first-order valence-corrected chi connectivity index (χ1v) is 5.32. The van der Waals surface area contributed by atoms with E-state index in [1.165, 1.54) is 0 Å². The van der Waals surface area contributed by atoms with Crippen LogP contribution in [0.1, 0.15) is 54.4 Å². The lowest BCUT2D eigenvalue weighted by Crippen LogP contribution is -2.44. The molecule has 0 aromatic carbocycles. The molecule has 0 saturated carbocycles. The third-order valence-corrected chi connectivity index (χ3v) is 2.04. The average Bonchev–Trinajstić information content (AvgIpc) is 1.75. The number of hydrogen-bond acceptors (Lipinski definition) is 2. The smallest absolute Gasteiger partial charge is 0.335 e. The van der Waals surface area contributed by atoms with E-state index in [9.17, 15) is 9.90 Å². The van der Waals surface area contributed by atoms with Crippen molar-refractivity contribution in [3.63, 3.8) is 0 Å². The maximum absolute atomic E-state index is 11.1. The number of carbonyl (C=O) groups is 1. The van der Waals surface area contributed by atoms with E-state index in [0.29, 0.717) is 0 Å². The Balaban J connectivity index is 4.85. The molecule has 2 N–H and O–H groups in total. The van der Waals surface area contributed by atoms with Crippen molar-refractivity contribution < 1.29 is 15.0 Å². The highest BCUT2D eigenvalue weighted by atomic mass is 16.4. The number of aliphatic hydroxyl groups is 1. The first-order chi connectivity index (χ1) is 6.36. The summed E-state index contributed by atoms with van der Waals surface area (Å²) in [5.41, 5.74) is -2.01. The molecule has 0 aromatic heterocycles. The molecule has 0 aliphatic carbocycles. The summed E-state index contributed by atoms with van der Waals surface area (Å²) >= 11 is 0. The van der Waals surface area contributed by atoms with Gasteiger partial charge in [0.15, 0.2) is 5.60 Å². The van der Waals surface area contributed by atoms with Crippen molar-refractivity contribution >= 4 is 5.97 Å². The van der Waals surface area contributed by atoms with Gasteiger partial charge in [-0.15, -0.1) is 0 Å². The molecular weight excluding hydrogens is 192 g/mol. The summed E-state index contributed by atoms with van der Waals surface area (Å²) in [6.45, 7) is 11.6. The van der Waals surface area contributed by atoms with Gasteiger partial charge < -0.3 is 10.2 Å². The van der Waals surface area contributed by atoms with Crippen molar-refractivity contribution in [3.05, 3.63) is 0 Å². The summed E-state index contributed by atoms with van der Waals surface area (Å²) in [6, 6.07) is 0. The van der Waals surface area contributed by atoms with E-state index in [1.807, 2.05) is 41.5 Å². The fourth-order valence-electron chi connectivity index (χ4n) is 1.97. The molecule has 0 radical (unpaired) electrons. The van der Waals surface area contributed by atoms with E-state index < -0.39 is 11.6 Å². The van der Waals surface area contributed by atoms with Crippen molar-refractivity contribution in [2.24, 2.45) is 10.8 Å². The molecule has 90 valence electrons. The molecule has 0 amide bonds. The van der Waals surface area contributed by atoms with Crippen LogP contribution in [0, 0.1) is 10.8 Å². The Labute approximate surface area is 92.5 Å². The molecule has 0 rings (SSSR count). The second-order valence-corrected chi connectivity index (χ2v) is 6.81. The lowest BCUT2D eigenvalue weighted by Gasteiger charge is -2.35. The van der Waals surface area contributed by atoms with Gasteiger partial charge in [0, 0.05) is 0 Å². The van der Waals surface area contributed by atoms with Crippen LogP contribution in [0.4, 0.5) is 0 Å². The second-order valence-electron chi connectivity index (χ2n) is 6.81. The number of hydrogen-bond donors (Lipinski definition) is 2. The molecule has 0 aromatic rings. The molecule has 3 nitrogen and oxygen atoms in total. The van der Waals surface area contributed by atoms with Gasteiger partial charge >= 0.3 is 5.97 Å². The molecule has 3 heteroatoms. The Morgan fingerprint density at radius 1 is 0.933 bits per heavy atom. The monoisotopic (exact) mass is 216 g/mol. The maximum Gasteiger partial charge on any atom is 0.335 e. The van der Waals surface area contributed by atoms with Gasteiger partial charge in [-0.3, -0.25) is 0 Å². The van der Waals surface area contributed by atoms with E-state index in [4.69, 9.17) is 5.11 Å². The zero-order valence-corrected chi connectivity index (χ0v) is 10.7. The van der Waals surface area contributed by atoms with E-state index in [1.54, 1.807) is 0 Å². The fourth-order valence-corrected chi connectivity index (χ4v) is 1.97. The Hall–Kier alpha value is -0.570. The standard InChI is InChI=1S/C12H24O3/c1-10(2,3)7-12(15,9(13)14)8-11(4,5)6/h15H,7-8H2,1-6H3,(H,13,14). The van der Waals surface area contributed by atoms with Gasteiger partial charge in [0.05, 0.1) is 0 Å². The van der Waals surface area contributed by atoms with Crippen molar-refractivity contribution in [2.45, 2.75) is 60.0 Å². The van der Waals surface area contributed by atoms with Gasteiger partial charge in [-0.2, -0.15) is 0 Å².